The molecule has 1 saturated heterocycles. The fourth-order valence-corrected chi connectivity index (χ4v) is 1.86. The van der Waals surface area contributed by atoms with Gasteiger partial charge >= 0.3 is 0 Å². The van der Waals surface area contributed by atoms with Crippen LogP contribution in [0.4, 0.5) is 5.69 Å². The number of nitrogens with zero attached hydrogens (tertiary/aromatic N) is 3. The predicted octanol–water partition coefficient (Wildman–Crippen LogP) is 1.57. The van der Waals surface area contributed by atoms with Crippen LogP contribution in [0.25, 0.3) is 11.5 Å². The van der Waals surface area contributed by atoms with Gasteiger partial charge in [0.2, 0.25) is 5.82 Å². The van der Waals surface area contributed by atoms with E-state index in [9.17, 15) is 0 Å². The first kappa shape index (κ1) is 10.2. The summed E-state index contributed by atoms with van der Waals surface area (Å²) in [7, 11) is 0. The molecular weight excluding hydrogens is 220 g/mol. The van der Waals surface area contributed by atoms with E-state index in [0.717, 1.165) is 19.4 Å². The van der Waals surface area contributed by atoms with E-state index in [-0.39, 0.29) is 6.10 Å². The molecule has 1 unspecified atom stereocenters. The SMILES string of the molecule is Nc1cnccc1-c1nc(C2CCCO2)no1. The van der Waals surface area contributed by atoms with Gasteiger partial charge in [0.1, 0.15) is 6.10 Å². The van der Waals surface area contributed by atoms with Gasteiger partial charge in [-0.15, -0.1) is 0 Å². The van der Waals surface area contributed by atoms with Crippen LogP contribution in [0.15, 0.2) is 23.0 Å². The Labute approximate surface area is 97.8 Å². The highest BCUT2D eigenvalue weighted by atomic mass is 16.5. The Bertz CT molecular complexity index is 520. The van der Waals surface area contributed by atoms with Gasteiger partial charge in [-0.1, -0.05) is 5.16 Å². The first-order valence-electron chi connectivity index (χ1n) is 5.49. The van der Waals surface area contributed by atoms with Gasteiger partial charge in [-0.05, 0) is 18.9 Å². The van der Waals surface area contributed by atoms with Crippen molar-refractivity contribution in [1.82, 2.24) is 15.1 Å². The highest BCUT2D eigenvalue weighted by molar-refractivity contribution is 5.68. The van der Waals surface area contributed by atoms with Crippen LogP contribution in [0.1, 0.15) is 24.8 Å². The molecule has 2 aromatic rings. The molecule has 17 heavy (non-hydrogen) atoms. The number of rotatable bonds is 2. The number of hydrogen-bond donors (Lipinski definition) is 1. The van der Waals surface area contributed by atoms with Crippen LogP contribution < -0.4 is 5.73 Å². The summed E-state index contributed by atoms with van der Waals surface area (Å²) in [5.74, 6) is 1.00. The van der Waals surface area contributed by atoms with Crippen LogP contribution in [-0.2, 0) is 4.74 Å². The lowest BCUT2D eigenvalue weighted by Gasteiger charge is -2.01. The van der Waals surface area contributed by atoms with Gasteiger partial charge in [-0.3, -0.25) is 4.98 Å². The highest BCUT2D eigenvalue weighted by Gasteiger charge is 2.23. The molecule has 0 aliphatic carbocycles. The van der Waals surface area contributed by atoms with Crippen molar-refractivity contribution in [3.63, 3.8) is 0 Å². The van der Waals surface area contributed by atoms with Crippen molar-refractivity contribution in [2.24, 2.45) is 0 Å². The molecule has 0 aromatic carbocycles. The number of nitrogen functional groups attached to an aromatic ring is 1. The van der Waals surface area contributed by atoms with E-state index in [4.69, 9.17) is 15.0 Å². The Kier molecular flexibility index (Phi) is 2.49. The second kappa shape index (κ2) is 4.14. The molecule has 2 N–H and O–H groups in total. The summed E-state index contributed by atoms with van der Waals surface area (Å²) >= 11 is 0. The minimum Gasteiger partial charge on any atom is -0.397 e. The summed E-state index contributed by atoms with van der Waals surface area (Å²) in [5.41, 5.74) is 7.02. The molecule has 1 fully saturated rings. The van der Waals surface area contributed by atoms with Crippen molar-refractivity contribution in [2.75, 3.05) is 12.3 Å². The van der Waals surface area contributed by atoms with E-state index >= 15 is 0 Å². The Morgan fingerprint density at radius 1 is 1.41 bits per heavy atom. The molecule has 0 amide bonds. The van der Waals surface area contributed by atoms with Gasteiger partial charge in [-0.25, -0.2) is 0 Å². The zero-order chi connectivity index (χ0) is 11.7. The summed E-state index contributed by atoms with van der Waals surface area (Å²) in [6, 6.07) is 1.75. The van der Waals surface area contributed by atoms with Crippen LogP contribution in [0.3, 0.4) is 0 Å². The molecule has 3 rings (SSSR count). The summed E-state index contributed by atoms with van der Waals surface area (Å²) < 4.78 is 10.7. The fraction of sp³-hybridized carbons (Fsp3) is 0.364. The second-order valence-corrected chi connectivity index (χ2v) is 3.92. The fourth-order valence-electron chi connectivity index (χ4n) is 1.86. The Morgan fingerprint density at radius 2 is 2.35 bits per heavy atom. The number of aromatic nitrogens is 3. The zero-order valence-electron chi connectivity index (χ0n) is 9.17. The minimum atomic E-state index is -0.0458. The van der Waals surface area contributed by atoms with E-state index in [1.54, 1.807) is 18.5 Å². The van der Waals surface area contributed by atoms with E-state index < -0.39 is 0 Å². The minimum absolute atomic E-state index is 0.0458. The van der Waals surface area contributed by atoms with Gasteiger partial charge in [0.15, 0.2) is 0 Å². The Balaban J connectivity index is 1.92. The molecule has 0 radical (unpaired) electrons. The normalized spacial score (nSPS) is 19.6. The number of anilines is 1. The topological polar surface area (TPSA) is 87.1 Å². The van der Waals surface area contributed by atoms with Crippen molar-refractivity contribution in [2.45, 2.75) is 18.9 Å². The van der Waals surface area contributed by atoms with Crippen molar-refractivity contribution < 1.29 is 9.26 Å². The van der Waals surface area contributed by atoms with Gasteiger partial charge < -0.3 is 15.0 Å². The van der Waals surface area contributed by atoms with Gasteiger partial charge in [0.05, 0.1) is 17.4 Å². The van der Waals surface area contributed by atoms with Crippen molar-refractivity contribution >= 4 is 5.69 Å². The molecule has 6 nitrogen and oxygen atoms in total. The maximum Gasteiger partial charge on any atom is 0.260 e. The molecule has 1 atom stereocenters. The predicted molar refractivity (Wildman–Crippen MR) is 59.9 cm³/mol. The monoisotopic (exact) mass is 232 g/mol. The van der Waals surface area contributed by atoms with Crippen LogP contribution in [0.5, 0.6) is 0 Å². The number of nitrogens with two attached hydrogens (primary N) is 1. The lowest BCUT2D eigenvalue weighted by Crippen LogP contribution is -1.98. The standard InChI is InChI=1S/C11H12N4O2/c12-8-6-13-4-3-7(8)11-14-10(15-17-11)9-2-1-5-16-9/h3-4,6,9H,1-2,5,12H2. The highest BCUT2D eigenvalue weighted by Crippen LogP contribution is 2.29. The van der Waals surface area contributed by atoms with Gasteiger partial charge in [-0.2, -0.15) is 4.98 Å². The number of hydrogen-bond acceptors (Lipinski definition) is 6. The lowest BCUT2D eigenvalue weighted by atomic mass is 10.2. The Hall–Kier alpha value is -1.95. The van der Waals surface area contributed by atoms with Gasteiger partial charge in [0.25, 0.3) is 5.89 Å². The molecule has 0 saturated carbocycles. The van der Waals surface area contributed by atoms with E-state index in [2.05, 4.69) is 15.1 Å². The first-order chi connectivity index (χ1) is 8.34. The zero-order valence-corrected chi connectivity index (χ0v) is 9.17. The third-order valence-corrected chi connectivity index (χ3v) is 2.74. The van der Waals surface area contributed by atoms with E-state index in [1.165, 1.54) is 0 Å². The van der Waals surface area contributed by atoms with Gasteiger partial charge in [0, 0.05) is 12.8 Å². The van der Waals surface area contributed by atoms with Crippen LogP contribution in [-0.4, -0.2) is 21.7 Å². The first-order valence-corrected chi connectivity index (χ1v) is 5.49. The largest absolute Gasteiger partial charge is 0.397 e. The smallest absolute Gasteiger partial charge is 0.260 e. The average molecular weight is 232 g/mol. The summed E-state index contributed by atoms with van der Waals surface area (Å²) in [6.45, 7) is 0.756. The molecule has 88 valence electrons. The van der Waals surface area contributed by atoms with E-state index in [1.807, 2.05) is 0 Å². The molecule has 3 heterocycles. The quantitative estimate of drug-likeness (QED) is 0.845. The number of pyridine rings is 1. The van der Waals surface area contributed by atoms with Crippen molar-refractivity contribution in [1.29, 1.82) is 0 Å². The molecule has 0 spiro atoms. The average Bonchev–Trinajstić information content (AvgIpc) is 3.00. The summed E-state index contributed by atoms with van der Waals surface area (Å²) in [4.78, 5) is 8.23. The van der Waals surface area contributed by atoms with E-state index in [0.29, 0.717) is 23.0 Å². The molecule has 1 aliphatic heterocycles. The third-order valence-electron chi connectivity index (χ3n) is 2.74. The molecule has 1 aliphatic rings. The third kappa shape index (κ3) is 1.87. The number of ether oxygens (including phenoxy) is 1. The molecule has 2 aromatic heterocycles. The van der Waals surface area contributed by atoms with Crippen molar-refractivity contribution in [3.05, 3.63) is 24.3 Å². The molecular formula is C11H12N4O2. The summed E-state index contributed by atoms with van der Waals surface area (Å²) in [6.07, 6.45) is 5.12. The summed E-state index contributed by atoms with van der Waals surface area (Å²) in [5, 5.41) is 3.93. The Morgan fingerprint density at radius 3 is 3.12 bits per heavy atom. The maximum atomic E-state index is 5.79. The van der Waals surface area contributed by atoms with Crippen LogP contribution in [0.2, 0.25) is 0 Å². The van der Waals surface area contributed by atoms with Crippen LogP contribution in [0, 0.1) is 0 Å². The maximum absolute atomic E-state index is 5.79. The van der Waals surface area contributed by atoms with Crippen LogP contribution >= 0.6 is 0 Å². The lowest BCUT2D eigenvalue weighted by molar-refractivity contribution is 0.103. The van der Waals surface area contributed by atoms with Crippen molar-refractivity contribution in [3.8, 4) is 11.5 Å². The molecule has 6 heteroatoms. The molecule has 0 bridgehead atoms. The second-order valence-electron chi connectivity index (χ2n) is 3.92.